The molecule has 1 aromatic heterocycles. The molecule has 0 atom stereocenters. The van der Waals surface area contributed by atoms with E-state index in [0.29, 0.717) is 16.1 Å². The number of aliphatic imine (C=N–C) groups is 1. The molecule has 5 nitrogen and oxygen atoms in total. The number of carbonyl (C=O) groups excluding carboxylic acids is 2. The van der Waals surface area contributed by atoms with Gasteiger partial charge in [-0.15, -0.1) is 0 Å². The molecule has 2 aromatic carbocycles. The van der Waals surface area contributed by atoms with Gasteiger partial charge in [0.25, 0.3) is 0 Å². The minimum absolute atomic E-state index is 0.111. The molecule has 3 aromatic rings. The van der Waals surface area contributed by atoms with Crippen LogP contribution in [0.25, 0.3) is 17.0 Å². The molecule has 128 valence electrons. The molecule has 0 N–H and O–H groups in total. The normalized spacial score (nSPS) is 15.4. The maximum absolute atomic E-state index is 12.2. The van der Waals surface area contributed by atoms with Crippen molar-refractivity contribution in [2.75, 3.05) is 0 Å². The molecule has 0 saturated heterocycles. The summed E-state index contributed by atoms with van der Waals surface area (Å²) in [6.07, 6.45) is 3.31. The van der Waals surface area contributed by atoms with Crippen molar-refractivity contribution in [3.05, 3.63) is 76.6 Å². The van der Waals surface area contributed by atoms with Crippen molar-refractivity contribution in [2.24, 2.45) is 4.99 Å². The van der Waals surface area contributed by atoms with Crippen molar-refractivity contribution in [1.82, 2.24) is 4.57 Å². The molecule has 0 spiro atoms. The van der Waals surface area contributed by atoms with Crippen LogP contribution in [0.15, 0.2) is 65.4 Å². The van der Waals surface area contributed by atoms with Crippen molar-refractivity contribution < 1.29 is 14.3 Å². The molecule has 0 bridgehead atoms. The van der Waals surface area contributed by atoms with E-state index in [1.54, 1.807) is 41.1 Å². The van der Waals surface area contributed by atoms with Crippen LogP contribution in [0.5, 0.6) is 0 Å². The van der Waals surface area contributed by atoms with Gasteiger partial charge in [0.15, 0.2) is 5.70 Å². The molecule has 0 aliphatic carbocycles. The lowest BCUT2D eigenvalue weighted by molar-refractivity contribution is -0.129. The number of hydrogen-bond donors (Lipinski definition) is 0. The maximum atomic E-state index is 12.2. The molecule has 2 heterocycles. The number of halogens is 1. The molecule has 1 aliphatic rings. The fourth-order valence-electron chi connectivity index (χ4n) is 2.89. The topological polar surface area (TPSA) is 60.7 Å². The van der Waals surface area contributed by atoms with Crippen molar-refractivity contribution in [2.45, 2.75) is 6.92 Å². The van der Waals surface area contributed by atoms with Crippen molar-refractivity contribution >= 4 is 46.4 Å². The molecule has 6 heteroatoms. The molecule has 0 amide bonds. The molecule has 0 saturated carbocycles. The second-order valence-corrected chi connectivity index (χ2v) is 6.21. The minimum Gasteiger partial charge on any atom is -0.402 e. The number of hydrogen-bond acceptors (Lipinski definition) is 4. The highest BCUT2D eigenvalue weighted by Crippen LogP contribution is 2.27. The van der Waals surface area contributed by atoms with Gasteiger partial charge >= 0.3 is 5.97 Å². The molecule has 0 unspecified atom stereocenters. The smallest absolute Gasteiger partial charge is 0.363 e. The molecule has 0 radical (unpaired) electrons. The summed E-state index contributed by atoms with van der Waals surface area (Å²) in [5.41, 5.74) is 2.20. The highest BCUT2D eigenvalue weighted by Gasteiger charge is 2.26. The number of nitrogens with zero attached hydrogens (tertiary/aromatic N) is 2. The molecule has 26 heavy (non-hydrogen) atoms. The second-order valence-electron chi connectivity index (χ2n) is 5.81. The molecule has 4 rings (SSSR count). The summed E-state index contributed by atoms with van der Waals surface area (Å²) in [6, 6.07) is 14.5. The zero-order valence-electron chi connectivity index (χ0n) is 13.8. The van der Waals surface area contributed by atoms with Crippen molar-refractivity contribution in [3.63, 3.8) is 0 Å². The van der Waals surface area contributed by atoms with E-state index in [4.69, 9.17) is 16.3 Å². The van der Waals surface area contributed by atoms with E-state index in [2.05, 4.69) is 4.99 Å². The fourth-order valence-corrected chi connectivity index (χ4v) is 3.10. The van der Waals surface area contributed by atoms with E-state index in [0.717, 1.165) is 10.9 Å². The lowest BCUT2D eigenvalue weighted by Gasteiger charge is -2.00. The predicted molar refractivity (Wildman–Crippen MR) is 100 cm³/mol. The Labute approximate surface area is 154 Å². The van der Waals surface area contributed by atoms with Crippen LogP contribution in [-0.2, 0) is 9.53 Å². The lowest BCUT2D eigenvalue weighted by atomic mass is 10.1. The number of fused-ring (bicyclic) bond motifs is 1. The Morgan fingerprint density at radius 1 is 1.15 bits per heavy atom. The van der Waals surface area contributed by atoms with Crippen LogP contribution in [0.1, 0.15) is 22.8 Å². The summed E-state index contributed by atoms with van der Waals surface area (Å²) in [6.45, 7) is 1.49. The quantitative estimate of drug-likeness (QED) is 0.503. The summed E-state index contributed by atoms with van der Waals surface area (Å²) in [7, 11) is 0. The number of aromatic nitrogens is 1. The minimum atomic E-state index is -0.556. The standard InChI is InChI=1S/C20H13ClN2O3/c1-12(24)23-11-13(14-6-3-5-9-18(14)23)10-17-20(25)26-19(22-17)15-7-2-4-8-16(15)21/h2-11H,1H3/b17-10-. The van der Waals surface area contributed by atoms with Gasteiger partial charge in [0.2, 0.25) is 11.8 Å². The number of cyclic esters (lactones) is 1. The Kier molecular flexibility index (Phi) is 3.93. The van der Waals surface area contributed by atoms with Crippen LogP contribution in [0, 0.1) is 0 Å². The number of benzene rings is 2. The monoisotopic (exact) mass is 364 g/mol. The molecular formula is C20H13ClN2O3. The van der Waals surface area contributed by atoms with E-state index in [-0.39, 0.29) is 17.5 Å². The Balaban J connectivity index is 1.82. The average Bonchev–Trinajstić information content (AvgIpc) is 3.17. The van der Waals surface area contributed by atoms with Crippen LogP contribution in [0.2, 0.25) is 5.02 Å². The number of rotatable bonds is 2. The Morgan fingerprint density at radius 2 is 1.88 bits per heavy atom. The van der Waals surface area contributed by atoms with Gasteiger partial charge in [-0.25, -0.2) is 9.79 Å². The van der Waals surface area contributed by atoms with E-state index in [9.17, 15) is 9.59 Å². The summed E-state index contributed by atoms with van der Waals surface area (Å²) in [5, 5.41) is 1.30. The number of para-hydroxylation sites is 1. The SMILES string of the molecule is CC(=O)n1cc(/C=C2\N=C(c3ccccc3Cl)OC2=O)c2ccccc21. The largest absolute Gasteiger partial charge is 0.402 e. The van der Waals surface area contributed by atoms with Gasteiger partial charge in [-0.05, 0) is 24.3 Å². The number of esters is 1. The van der Waals surface area contributed by atoms with Gasteiger partial charge in [-0.3, -0.25) is 9.36 Å². The second kappa shape index (κ2) is 6.28. The van der Waals surface area contributed by atoms with Crippen LogP contribution < -0.4 is 0 Å². The third-order valence-electron chi connectivity index (χ3n) is 4.10. The third kappa shape index (κ3) is 2.72. The van der Waals surface area contributed by atoms with Gasteiger partial charge in [-0.2, -0.15) is 0 Å². The van der Waals surface area contributed by atoms with E-state index >= 15 is 0 Å². The fraction of sp³-hybridized carbons (Fsp3) is 0.0500. The Hall–Kier alpha value is -3.18. The number of ether oxygens (including phenoxy) is 1. The van der Waals surface area contributed by atoms with Gasteiger partial charge in [0, 0.05) is 24.1 Å². The van der Waals surface area contributed by atoms with Gasteiger partial charge in [0.05, 0.1) is 16.1 Å². The predicted octanol–water partition coefficient (Wildman–Crippen LogP) is 4.30. The zero-order valence-corrected chi connectivity index (χ0v) is 14.5. The first-order valence-electron chi connectivity index (χ1n) is 7.93. The number of carbonyl (C=O) groups is 2. The van der Waals surface area contributed by atoms with Gasteiger partial charge < -0.3 is 4.74 Å². The summed E-state index contributed by atoms with van der Waals surface area (Å²) < 4.78 is 6.81. The highest BCUT2D eigenvalue weighted by molar-refractivity contribution is 6.34. The first-order valence-corrected chi connectivity index (χ1v) is 8.31. The van der Waals surface area contributed by atoms with Crippen LogP contribution >= 0.6 is 11.6 Å². The lowest BCUT2D eigenvalue weighted by Crippen LogP contribution is -2.05. The average molecular weight is 365 g/mol. The first kappa shape index (κ1) is 16.3. The zero-order chi connectivity index (χ0) is 18.3. The Bertz CT molecular complexity index is 1130. The van der Waals surface area contributed by atoms with E-state index in [1.165, 1.54) is 6.92 Å². The van der Waals surface area contributed by atoms with Crippen LogP contribution in [0.3, 0.4) is 0 Å². The van der Waals surface area contributed by atoms with Gasteiger partial charge in [0.1, 0.15) is 0 Å². The summed E-state index contributed by atoms with van der Waals surface area (Å²) in [5.74, 6) is -0.498. The van der Waals surface area contributed by atoms with Crippen molar-refractivity contribution in [3.8, 4) is 0 Å². The summed E-state index contributed by atoms with van der Waals surface area (Å²) >= 11 is 6.14. The van der Waals surface area contributed by atoms with Crippen molar-refractivity contribution in [1.29, 1.82) is 0 Å². The summed E-state index contributed by atoms with van der Waals surface area (Å²) in [4.78, 5) is 28.4. The maximum Gasteiger partial charge on any atom is 0.363 e. The first-order chi connectivity index (χ1) is 12.5. The molecular weight excluding hydrogens is 352 g/mol. The van der Waals surface area contributed by atoms with E-state index < -0.39 is 5.97 Å². The molecule has 0 fully saturated rings. The Morgan fingerprint density at radius 3 is 2.65 bits per heavy atom. The highest BCUT2D eigenvalue weighted by atomic mass is 35.5. The van der Waals surface area contributed by atoms with Crippen LogP contribution in [-0.4, -0.2) is 22.3 Å². The van der Waals surface area contributed by atoms with E-state index in [1.807, 2.05) is 24.3 Å². The molecule has 1 aliphatic heterocycles. The van der Waals surface area contributed by atoms with Gasteiger partial charge in [-0.1, -0.05) is 41.9 Å². The van der Waals surface area contributed by atoms with Crippen LogP contribution in [0.4, 0.5) is 0 Å². The third-order valence-corrected chi connectivity index (χ3v) is 4.43.